The molecule has 0 saturated carbocycles. The zero-order valence-corrected chi connectivity index (χ0v) is 27.9. The summed E-state index contributed by atoms with van der Waals surface area (Å²) in [4.78, 5) is 30.6. The number of anilines is 2. The maximum Gasteiger partial charge on any atom is 0.416 e. The summed E-state index contributed by atoms with van der Waals surface area (Å²) in [5, 5.41) is 0.866. The fourth-order valence-corrected chi connectivity index (χ4v) is 6.83. The van der Waals surface area contributed by atoms with Crippen molar-refractivity contribution in [1.82, 2.24) is 19.8 Å². The fraction of sp³-hybridized carbons (Fsp3) is 0.306. The van der Waals surface area contributed by atoms with Gasteiger partial charge in [0.05, 0.1) is 5.56 Å². The summed E-state index contributed by atoms with van der Waals surface area (Å²) < 4.78 is 39.6. The number of piperazine rings is 2. The maximum absolute atomic E-state index is 13.2. The minimum atomic E-state index is -4.37. The molecular weight excluding hydrogens is 657 g/mol. The molecule has 2 fully saturated rings. The number of hydrogen-bond acceptors (Lipinski definition) is 7. The molecule has 6 rings (SSSR count). The van der Waals surface area contributed by atoms with Crippen LogP contribution >= 0.6 is 23.4 Å². The first kappa shape index (κ1) is 33.8. The van der Waals surface area contributed by atoms with Gasteiger partial charge in [0.25, 0.3) is 5.91 Å². The van der Waals surface area contributed by atoms with E-state index in [0.29, 0.717) is 72.4 Å². The number of hydrogen-bond donors (Lipinski definition) is 0. The minimum Gasteiger partial charge on any atom is -0.368 e. The first-order valence-corrected chi connectivity index (χ1v) is 17.2. The summed E-state index contributed by atoms with van der Waals surface area (Å²) in [6.45, 7) is 6.22. The average Bonchev–Trinajstić information content (AvgIpc) is 3.11. The highest BCUT2D eigenvalue weighted by Gasteiger charge is 2.31. The molecule has 4 aromatic rings. The van der Waals surface area contributed by atoms with E-state index in [4.69, 9.17) is 16.6 Å². The van der Waals surface area contributed by atoms with Crippen LogP contribution in [0.15, 0.2) is 96.2 Å². The van der Waals surface area contributed by atoms with E-state index in [1.54, 1.807) is 12.1 Å². The van der Waals surface area contributed by atoms with E-state index in [1.165, 1.54) is 29.5 Å². The van der Waals surface area contributed by atoms with Crippen molar-refractivity contribution < 1.29 is 18.0 Å². The van der Waals surface area contributed by atoms with Gasteiger partial charge >= 0.3 is 6.18 Å². The van der Waals surface area contributed by atoms with Gasteiger partial charge in [-0.05, 0) is 41.5 Å². The van der Waals surface area contributed by atoms with E-state index >= 15 is 0 Å². The Kier molecular flexibility index (Phi) is 10.9. The normalized spacial score (nSPS) is 16.1. The predicted octanol–water partition coefficient (Wildman–Crippen LogP) is 7.24. The molecule has 3 aromatic carbocycles. The number of alkyl halides is 3. The number of amides is 1. The van der Waals surface area contributed by atoms with E-state index in [1.807, 2.05) is 52.3 Å². The molecule has 0 unspecified atom stereocenters. The second-order valence-corrected chi connectivity index (χ2v) is 13.1. The number of rotatable bonds is 9. The van der Waals surface area contributed by atoms with Crippen molar-refractivity contribution in [2.45, 2.75) is 17.1 Å². The molecule has 0 aliphatic carbocycles. The Bertz CT molecular complexity index is 1710. The first-order valence-electron chi connectivity index (χ1n) is 15.9. The Hall–Kier alpha value is -4.06. The number of thioether (sulfide) groups is 1. The van der Waals surface area contributed by atoms with Crippen LogP contribution in [0, 0.1) is 0 Å². The molecule has 2 saturated heterocycles. The zero-order valence-electron chi connectivity index (χ0n) is 26.3. The zero-order chi connectivity index (χ0) is 33.5. The summed E-state index contributed by atoms with van der Waals surface area (Å²) in [6.07, 6.45) is -0.0700. The van der Waals surface area contributed by atoms with E-state index in [0.717, 1.165) is 31.3 Å². The molecule has 1 aromatic heterocycles. The lowest BCUT2D eigenvalue weighted by molar-refractivity contribution is -0.137. The minimum absolute atomic E-state index is 0.0460. The van der Waals surface area contributed by atoms with Crippen LogP contribution in [0.5, 0.6) is 0 Å². The quantitative estimate of drug-likeness (QED) is 0.104. The molecule has 3 heterocycles. The van der Waals surface area contributed by atoms with Gasteiger partial charge in [-0.25, -0.2) is 9.97 Å². The number of benzene rings is 3. The molecular formula is C36H36ClF3N6OS. The Morgan fingerprint density at radius 3 is 2.23 bits per heavy atom. The second-order valence-electron chi connectivity index (χ2n) is 11.7. The number of halogens is 4. The molecule has 0 spiro atoms. The van der Waals surface area contributed by atoms with E-state index in [-0.39, 0.29) is 5.91 Å². The molecule has 1 amide bonds. The van der Waals surface area contributed by atoms with Crippen LogP contribution in [0.2, 0.25) is 5.15 Å². The lowest BCUT2D eigenvalue weighted by Gasteiger charge is -2.37. The number of carbonyl (C=O) groups is 1. The van der Waals surface area contributed by atoms with Gasteiger partial charge in [0.1, 0.15) is 11.0 Å². The third-order valence-corrected chi connectivity index (χ3v) is 9.62. The maximum atomic E-state index is 13.2. The van der Waals surface area contributed by atoms with E-state index in [2.05, 4.69) is 39.1 Å². The van der Waals surface area contributed by atoms with Gasteiger partial charge in [0, 0.05) is 82.0 Å². The standard InChI is InChI=1S/C36H36ClF3N6OS/c37-32-25-33(45-22-20-44(21-23-45)31-10-4-9-30(24-31)36(38,39)40)42-35(41-32)48-26-28-11-13-29(14-12-28)34(47)46-18-16-43(17-19-46)15-5-8-27-6-2-1-3-7-27/h1-14,24-25H,15-23,26H2/b8-5+. The van der Waals surface area contributed by atoms with Gasteiger partial charge in [-0.2, -0.15) is 13.2 Å². The number of nitrogens with zero attached hydrogens (tertiary/aromatic N) is 6. The summed E-state index contributed by atoms with van der Waals surface area (Å²) in [7, 11) is 0. The van der Waals surface area contributed by atoms with Crippen molar-refractivity contribution in [3.05, 3.63) is 118 Å². The summed E-state index contributed by atoms with van der Waals surface area (Å²) in [5.74, 6) is 1.34. The molecule has 7 nitrogen and oxygen atoms in total. The molecule has 0 bridgehead atoms. The Morgan fingerprint density at radius 2 is 1.52 bits per heavy atom. The molecule has 2 aliphatic rings. The van der Waals surface area contributed by atoms with Crippen LogP contribution in [0.1, 0.15) is 27.0 Å². The first-order chi connectivity index (χ1) is 23.2. The largest absolute Gasteiger partial charge is 0.416 e. The monoisotopic (exact) mass is 692 g/mol. The van der Waals surface area contributed by atoms with Gasteiger partial charge in [-0.1, -0.05) is 84.0 Å². The number of carbonyl (C=O) groups excluding carboxylic acids is 1. The molecule has 48 heavy (non-hydrogen) atoms. The van der Waals surface area contributed by atoms with Crippen LogP contribution in [0.4, 0.5) is 24.7 Å². The van der Waals surface area contributed by atoms with Crippen LogP contribution in [-0.2, 0) is 11.9 Å². The summed E-state index contributed by atoms with van der Waals surface area (Å²) in [5.41, 5.74) is 2.80. The lowest BCUT2D eigenvalue weighted by atomic mass is 10.1. The Balaban J connectivity index is 0.974. The van der Waals surface area contributed by atoms with Gasteiger partial charge in [0.2, 0.25) is 0 Å². The topological polar surface area (TPSA) is 55.8 Å². The van der Waals surface area contributed by atoms with E-state index < -0.39 is 11.7 Å². The smallest absolute Gasteiger partial charge is 0.368 e. The Labute approximate surface area is 288 Å². The highest BCUT2D eigenvalue weighted by Crippen LogP contribution is 2.32. The van der Waals surface area contributed by atoms with Gasteiger partial charge in [-0.3, -0.25) is 9.69 Å². The van der Waals surface area contributed by atoms with Crippen LogP contribution < -0.4 is 9.80 Å². The highest BCUT2D eigenvalue weighted by molar-refractivity contribution is 7.98. The summed E-state index contributed by atoms with van der Waals surface area (Å²) >= 11 is 7.83. The third kappa shape index (κ3) is 8.89. The van der Waals surface area contributed by atoms with Gasteiger partial charge in [-0.15, -0.1) is 0 Å². The lowest BCUT2D eigenvalue weighted by Crippen LogP contribution is -2.48. The van der Waals surface area contributed by atoms with Gasteiger partial charge < -0.3 is 14.7 Å². The van der Waals surface area contributed by atoms with E-state index in [9.17, 15) is 18.0 Å². The van der Waals surface area contributed by atoms with Crippen molar-refractivity contribution in [3.63, 3.8) is 0 Å². The van der Waals surface area contributed by atoms with Crippen molar-refractivity contribution in [2.24, 2.45) is 0 Å². The Morgan fingerprint density at radius 1 is 0.812 bits per heavy atom. The van der Waals surface area contributed by atoms with Crippen molar-refractivity contribution in [1.29, 1.82) is 0 Å². The highest BCUT2D eigenvalue weighted by atomic mass is 35.5. The van der Waals surface area contributed by atoms with Crippen molar-refractivity contribution >= 4 is 46.9 Å². The van der Waals surface area contributed by atoms with Crippen LogP contribution in [-0.4, -0.2) is 84.6 Å². The summed E-state index contributed by atoms with van der Waals surface area (Å²) in [6, 6.07) is 25.1. The molecule has 0 N–H and O–H groups in total. The SMILES string of the molecule is O=C(c1ccc(CSc2nc(Cl)cc(N3CCN(c4cccc(C(F)(F)F)c4)CC3)n2)cc1)N1CCN(C/C=C/c2ccccc2)CC1. The second kappa shape index (κ2) is 15.4. The number of aromatic nitrogens is 2. The van der Waals surface area contributed by atoms with Crippen molar-refractivity contribution in [2.75, 3.05) is 68.7 Å². The average molecular weight is 693 g/mol. The van der Waals surface area contributed by atoms with Crippen molar-refractivity contribution in [3.8, 4) is 0 Å². The third-order valence-electron chi connectivity index (χ3n) is 8.50. The van der Waals surface area contributed by atoms with Gasteiger partial charge in [0.15, 0.2) is 5.16 Å². The van der Waals surface area contributed by atoms with Crippen LogP contribution in [0.3, 0.4) is 0 Å². The molecule has 250 valence electrons. The molecule has 0 atom stereocenters. The van der Waals surface area contributed by atoms with Crippen LogP contribution in [0.25, 0.3) is 6.08 Å². The molecule has 12 heteroatoms. The fourth-order valence-electron chi connectivity index (χ4n) is 5.79. The predicted molar refractivity (Wildman–Crippen MR) is 187 cm³/mol. The molecule has 2 aliphatic heterocycles. The molecule has 0 radical (unpaired) electrons.